The van der Waals surface area contributed by atoms with E-state index in [0.717, 1.165) is 24.9 Å². The smallest absolute Gasteiger partial charge is 0.258 e. The summed E-state index contributed by atoms with van der Waals surface area (Å²) in [5, 5.41) is 13.1. The van der Waals surface area contributed by atoms with Crippen LogP contribution in [0.1, 0.15) is 35.7 Å². The Hall–Kier alpha value is -1.53. The van der Waals surface area contributed by atoms with Crippen molar-refractivity contribution in [2.24, 2.45) is 0 Å². The van der Waals surface area contributed by atoms with Crippen molar-refractivity contribution in [2.75, 3.05) is 33.4 Å². The van der Waals surface area contributed by atoms with Crippen LogP contribution in [0.15, 0.2) is 6.07 Å². The molecule has 1 heterocycles. The average molecular weight is 359 g/mol. The maximum absolute atomic E-state index is 12.6. The first-order valence-corrected chi connectivity index (χ1v) is 8.57. The van der Waals surface area contributed by atoms with Gasteiger partial charge in [0, 0.05) is 19.1 Å². The molecular formula is C17H24ClFN2O3. The lowest BCUT2D eigenvalue weighted by Crippen LogP contribution is -2.41. The number of hydrogen-bond acceptors (Lipinski definition) is 4. The Kier molecular flexibility index (Phi) is 6.69. The Morgan fingerprint density at radius 2 is 2.33 bits per heavy atom. The second-order valence-electron chi connectivity index (χ2n) is 5.86. The van der Waals surface area contributed by atoms with Crippen LogP contribution >= 0.6 is 11.6 Å². The fourth-order valence-corrected chi connectivity index (χ4v) is 3.44. The first-order valence-electron chi connectivity index (χ1n) is 8.20. The third kappa shape index (κ3) is 3.92. The highest BCUT2D eigenvalue weighted by Gasteiger charge is 2.27. The van der Waals surface area contributed by atoms with Gasteiger partial charge in [-0.25, -0.2) is 4.39 Å². The molecule has 0 aromatic heterocycles. The van der Waals surface area contributed by atoms with Gasteiger partial charge in [-0.3, -0.25) is 9.69 Å². The predicted molar refractivity (Wildman–Crippen MR) is 92.0 cm³/mol. The Bertz CT molecular complexity index is 598. The number of benzene rings is 1. The van der Waals surface area contributed by atoms with Gasteiger partial charge in [0.2, 0.25) is 0 Å². The van der Waals surface area contributed by atoms with E-state index in [1.54, 1.807) is 6.07 Å². The third-order valence-electron chi connectivity index (χ3n) is 4.46. The van der Waals surface area contributed by atoms with Crippen molar-refractivity contribution in [3.05, 3.63) is 22.2 Å². The van der Waals surface area contributed by atoms with Gasteiger partial charge in [-0.1, -0.05) is 18.5 Å². The number of alkyl halides is 1. The molecule has 1 aliphatic heterocycles. The van der Waals surface area contributed by atoms with E-state index >= 15 is 0 Å². The number of rotatable bonds is 7. The van der Waals surface area contributed by atoms with Gasteiger partial charge in [0.25, 0.3) is 5.91 Å². The van der Waals surface area contributed by atoms with Gasteiger partial charge in [-0.15, -0.1) is 0 Å². The number of nitrogens with zero attached hydrogens (tertiary/aromatic N) is 1. The van der Waals surface area contributed by atoms with Crippen LogP contribution in [0.3, 0.4) is 0 Å². The lowest BCUT2D eigenvalue weighted by atomic mass is 10.0. The number of aromatic hydroxyl groups is 1. The zero-order chi connectivity index (χ0) is 17.7. The zero-order valence-corrected chi connectivity index (χ0v) is 14.8. The monoisotopic (exact) mass is 358 g/mol. The third-order valence-corrected chi connectivity index (χ3v) is 4.75. The molecule has 1 atom stereocenters. The van der Waals surface area contributed by atoms with Crippen molar-refractivity contribution in [3.8, 4) is 11.5 Å². The summed E-state index contributed by atoms with van der Waals surface area (Å²) in [6.07, 6.45) is 2.53. The average Bonchev–Trinajstić information content (AvgIpc) is 3.02. The molecule has 0 bridgehead atoms. The van der Waals surface area contributed by atoms with E-state index in [4.69, 9.17) is 16.3 Å². The number of carbonyl (C=O) groups excluding carboxylic acids is 1. The predicted octanol–water partition coefficient (Wildman–Crippen LogP) is 2.78. The molecule has 0 saturated carbocycles. The van der Waals surface area contributed by atoms with Gasteiger partial charge in [-0.2, -0.15) is 0 Å². The number of likely N-dealkylation sites (tertiary alicyclic amines) is 1. The second kappa shape index (κ2) is 8.53. The van der Waals surface area contributed by atoms with Gasteiger partial charge in [0.1, 0.15) is 18.0 Å². The van der Waals surface area contributed by atoms with Crippen LogP contribution in [0.4, 0.5) is 4.39 Å². The molecule has 1 aromatic rings. The minimum Gasteiger partial charge on any atom is -0.505 e. The van der Waals surface area contributed by atoms with Crippen molar-refractivity contribution in [3.63, 3.8) is 0 Å². The Morgan fingerprint density at radius 3 is 2.96 bits per heavy atom. The van der Waals surface area contributed by atoms with E-state index in [2.05, 4.69) is 5.32 Å². The van der Waals surface area contributed by atoms with Crippen LogP contribution < -0.4 is 10.1 Å². The number of carbonyl (C=O) groups is 1. The van der Waals surface area contributed by atoms with E-state index < -0.39 is 12.6 Å². The Labute approximate surface area is 146 Å². The van der Waals surface area contributed by atoms with Crippen LogP contribution in [0, 0.1) is 0 Å². The van der Waals surface area contributed by atoms with Gasteiger partial charge in [-0.05, 0) is 37.4 Å². The molecule has 7 heteroatoms. The number of amides is 1. The molecule has 1 unspecified atom stereocenters. The van der Waals surface area contributed by atoms with Gasteiger partial charge in [0.15, 0.2) is 5.75 Å². The molecule has 1 fully saturated rings. The van der Waals surface area contributed by atoms with E-state index in [1.807, 2.05) is 11.8 Å². The Morgan fingerprint density at radius 1 is 1.58 bits per heavy atom. The Balaban J connectivity index is 2.16. The number of hydrogen-bond donors (Lipinski definition) is 2. The van der Waals surface area contributed by atoms with Gasteiger partial charge >= 0.3 is 0 Å². The number of phenols is 1. The molecule has 0 spiro atoms. The summed E-state index contributed by atoms with van der Waals surface area (Å²) in [5.74, 6) is -0.382. The SMILES string of the molecule is CCc1cc(Cl)c(O)c(C(=O)NCC2CCCN2CCF)c1OC. The van der Waals surface area contributed by atoms with Crippen LogP contribution in [-0.2, 0) is 6.42 Å². The highest BCUT2D eigenvalue weighted by Crippen LogP contribution is 2.38. The van der Waals surface area contributed by atoms with Crippen molar-refractivity contribution in [1.29, 1.82) is 0 Å². The minimum atomic E-state index is -0.436. The molecule has 1 aliphatic rings. The van der Waals surface area contributed by atoms with Crippen molar-refractivity contribution in [1.82, 2.24) is 10.2 Å². The largest absolute Gasteiger partial charge is 0.505 e. The highest BCUT2D eigenvalue weighted by molar-refractivity contribution is 6.33. The number of methoxy groups -OCH3 is 1. The molecule has 1 amide bonds. The highest BCUT2D eigenvalue weighted by atomic mass is 35.5. The quantitative estimate of drug-likeness (QED) is 0.786. The molecular weight excluding hydrogens is 335 g/mol. The fourth-order valence-electron chi connectivity index (χ4n) is 3.21. The molecule has 5 nitrogen and oxygen atoms in total. The summed E-state index contributed by atoms with van der Waals surface area (Å²) in [5.41, 5.74) is 0.808. The molecule has 1 saturated heterocycles. The van der Waals surface area contributed by atoms with E-state index in [1.165, 1.54) is 7.11 Å². The normalized spacial score (nSPS) is 17.9. The minimum absolute atomic E-state index is 0.0527. The summed E-state index contributed by atoms with van der Waals surface area (Å²) < 4.78 is 17.9. The topological polar surface area (TPSA) is 61.8 Å². The molecule has 2 N–H and O–H groups in total. The molecule has 2 rings (SSSR count). The summed E-state index contributed by atoms with van der Waals surface area (Å²) in [6, 6.07) is 1.72. The van der Waals surface area contributed by atoms with Crippen molar-refractivity contribution < 1.29 is 19.0 Å². The lowest BCUT2D eigenvalue weighted by molar-refractivity contribution is 0.0934. The number of aryl methyl sites for hydroxylation is 1. The maximum Gasteiger partial charge on any atom is 0.258 e. The second-order valence-corrected chi connectivity index (χ2v) is 6.27. The van der Waals surface area contributed by atoms with Gasteiger partial charge in [0.05, 0.1) is 12.1 Å². The molecule has 134 valence electrons. The van der Waals surface area contributed by atoms with Crippen molar-refractivity contribution in [2.45, 2.75) is 32.2 Å². The van der Waals surface area contributed by atoms with Crippen LogP contribution in [0.25, 0.3) is 0 Å². The summed E-state index contributed by atoms with van der Waals surface area (Å²) in [7, 11) is 1.46. The number of phenolic OH excluding ortho intramolecular Hbond substituents is 1. The van der Waals surface area contributed by atoms with Crippen LogP contribution in [0.5, 0.6) is 11.5 Å². The fraction of sp³-hybridized carbons (Fsp3) is 0.588. The molecule has 0 aliphatic carbocycles. The zero-order valence-electron chi connectivity index (χ0n) is 14.1. The lowest BCUT2D eigenvalue weighted by Gasteiger charge is -2.23. The van der Waals surface area contributed by atoms with E-state index in [0.29, 0.717) is 25.3 Å². The maximum atomic E-state index is 12.6. The molecule has 1 aromatic carbocycles. The summed E-state index contributed by atoms with van der Waals surface area (Å²) >= 11 is 6.03. The summed E-state index contributed by atoms with van der Waals surface area (Å²) in [4.78, 5) is 14.6. The number of nitrogens with one attached hydrogen (secondary N) is 1. The van der Waals surface area contributed by atoms with E-state index in [-0.39, 0.29) is 22.4 Å². The first kappa shape index (κ1) is 18.8. The number of halogens is 2. The standard InChI is InChI=1S/C17H24ClFN2O3/c1-3-11-9-13(18)15(22)14(16(11)24-2)17(23)20-10-12-5-4-7-21(12)8-6-19/h9,12,22H,3-8,10H2,1-2H3,(H,20,23). The van der Waals surface area contributed by atoms with Crippen LogP contribution in [-0.4, -0.2) is 55.4 Å². The summed E-state index contributed by atoms with van der Waals surface area (Å²) in [6.45, 7) is 3.14. The molecule has 0 radical (unpaired) electrons. The van der Waals surface area contributed by atoms with Crippen molar-refractivity contribution >= 4 is 17.5 Å². The van der Waals surface area contributed by atoms with Gasteiger partial charge < -0.3 is 15.2 Å². The van der Waals surface area contributed by atoms with E-state index in [9.17, 15) is 14.3 Å². The molecule has 24 heavy (non-hydrogen) atoms. The van der Waals surface area contributed by atoms with Crippen LogP contribution in [0.2, 0.25) is 5.02 Å². The number of ether oxygens (including phenoxy) is 1. The first-order chi connectivity index (χ1) is 11.5.